The largest absolute Gasteiger partial charge is 0.351 e. The van der Waals surface area contributed by atoms with Gasteiger partial charge in [0.25, 0.3) is 0 Å². The fourth-order valence-electron chi connectivity index (χ4n) is 2.33. The molecule has 20 heavy (non-hydrogen) atoms. The number of thioether (sulfide) groups is 1. The quantitative estimate of drug-likeness (QED) is 0.904. The van der Waals surface area contributed by atoms with Gasteiger partial charge in [-0.25, -0.2) is 4.98 Å². The van der Waals surface area contributed by atoms with Crippen LogP contribution in [0.5, 0.6) is 0 Å². The molecule has 1 saturated heterocycles. The van der Waals surface area contributed by atoms with Crippen LogP contribution in [0, 0.1) is 5.92 Å². The van der Waals surface area contributed by atoms with Crippen LogP contribution in [0.4, 0.5) is 5.82 Å². The van der Waals surface area contributed by atoms with Crippen molar-refractivity contribution in [1.29, 1.82) is 0 Å². The highest BCUT2D eigenvalue weighted by atomic mass is 32.2. The minimum atomic E-state index is 0.521. The summed E-state index contributed by atoms with van der Waals surface area (Å²) in [5.74, 6) is 2.85. The first-order chi connectivity index (χ1) is 9.58. The molecule has 2 heterocycles. The van der Waals surface area contributed by atoms with E-state index in [1.807, 2.05) is 24.2 Å². The van der Waals surface area contributed by atoms with Crippen molar-refractivity contribution in [3.63, 3.8) is 0 Å². The average molecular weight is 294 g/mol. The molecule has 1 N–H and O–H groups in total. The third-order valence-electron chi connectivity index (χ3n) is 3.73. The number of nitrogens with zero attached hydrogens (tertiary/aromatic N) is 3. The Bertz CT molecular complexity index is 407. The van der Waals surface area contributed by atoms with Crippen LogP contribution in [-0.4, -0.2) is 40.1 Å². The van der Waals surface area contributed by atoms with Crippen molar-refractivity contribution in [2.75, 3.05) is 23.7 Å². The molecule has 0 aromatic carbocycles. The Morgan fingerprint density at radius 3 is 2.80 bits per heavy atom. The molecule has 1 aliphatic heterocycles. The van der Waals surface area contributed by atoms with Crippen LogP contribution >= 0.6 is 11.8 Å². The van der Waals surface area contributed by atoms with Gasteiger partial charge in [0.1, 0.15) is 5.82 Å². The summed E-state index contributed by atoms with van der Waals surface area (Å²) >= 11 is 2.04. The predicted molar refractivity (Wildman–Crippen MR) is 87.3 cm³/mol. The van der Waals surface area contributed by atoms with Crippen LogP contribution in [0.25, 0.3) is 0 Å². The number of nitrogens with one attached hydrogen (secondary N) is 1. The average Bonchev–Trinajstić information content (AvgIpc) is 2.42. The number of hydrogen-bond donors (Lipinski definition) is 1. The van der Waals surface area contributed by atoms with E-state index >= 15 is 0 Å². The van der Waals surface area contributed by atoms with E-state index in [-0.39, 0.29) is 0 Å². The third-order valence-corrected chi connectivity index (χ3v) is 5.07. The van der Waals surface area contributed by atoms with Gasteiger partial charge >= 0.3 is 0 Å². The second kappa shape index (κ2) is 7.27. The predicted octanol–water partition coefficient (Wildman–Crippen LogP) is 2.55. The maximum atomic E-state index is 4.60. The first-order valence-electron chi connectivity index (χ1n) is 7.48. The molecule has 0 radical (unpaired) electrons. The van der Waals surface area contributed by atoms with Gasteiger partial charge < -0.3 is 10.2 Å². The molecule has 0 aliphatic carbocycles. The number of rotatable bonds is 5. The van der Waals surface area contributed by atoms with Gasteiger partial charge in [0, 0.05) is 30.1 Å². The van der Waals surface area contributed by atoms with Crippen molar-refractivity contribution in [3.05, 3.63) is 18.1 Å². The standard InChI is InChI=1S/C15H26N4S/c1-11(2)7-16-8-14-9-18-15(10-17-14)19-5-6-20-13(4)12(19)3/h9-13,16H,5-8H2,1-4H3. The summed E-state index contributed by atoms with van der Waals surface area (Å²) in [4.78, 5) is 11.5. The van der Waals surface area contributed by atoms with Crippen LogP contribution in [0.2, 0.25) is 0 Å². The summed E-state index contributed by atoms with van der Waals surface area (Å²) in [5, 5.41) is 4.05. The van der Waals surface area contributed by atoms with E-state index < -0.39 is 0 Å². The van der Waals surface area contributed by atoms with Gasteiger partial charge in [-0.2, -0.15) is 11.8 Å². The summed E-state index contributed by atoms with van der Waals surface area (Å²) in [6, 6.07) is 0.521. The molecular weight excluding hydrogens is 268 g/mol. The number of aromatic nitrogens is 2. The van der Waals surface area contributed by atoms with Crippen LogP contribution in [0.3, 0.4) is 0 Å². The second-order valence-corrected chi connectivity index (χ2v) is 7.39. The Balaban J connectivity index is 1.93. The lowest BCUT2D eigenvalue weighted by atomic mass is 10.2. The van der Waals surface area contributed by atoms with E-state index in [9.17, 15) is 0 Å². The second-order valence-electron chi connectivity index (χ2n) is 5.90. The minimum Gasteiger partial charge on any atom is -0.351 e. The van der Waals surface area contributed by atoms with Crippen molar-refractivity contribution < 1.29 is 0 Å². The molecule has 0 amide bonds. The van der Waals surface area contributed by atoms with Crippen LogP contribution < -0.4 is 10.2 Å². The molecule has 1 aromatic rings. The summed E-state index contributed by atoms with van der Waals surface area (Å²) in [6.45, 7) is 11.9. The van der Waals surface area contributed by atoms with E-state index in [2.05, 4.69) is 47.9 Å². The molecule has 2 unspecified atom stereocenters. The maximum Gasteiger partial charge on any atom is 0.147 e. The zero-order chi connectivity index (χ0) is 14.5. The van der Waals surface area contributed by atoms with Crippen molar-refractivity contribution >= 4 is 17.6 Å². The van der Waals surface area contributed by atoms with Gasteiger partial charge in [-0.15, -0.1) is 0 Å². The molecule has 2 atom stereocenters. The van der Waals surface area contributed by atoms with E-state index in [1.165, 1.54) is 5.75 Å². The SMILES string of the molecule is CC(C)CNCc1cnc(N2CCSC(C)C2C)cn1. The zero-order valence-corrected chi connectivity index (χ0v) is 13.8. The fraction of sp³-hybridized carbons (Fsp3) is 0.733. The first kappa shape index (κ1) is 15.6. The van der Waals surface area contributed by atoms with Crippen molar-refractivity contribution in [2.24, 2.45) is 5.92 Å². The minimum absolute atomic E-state index is 0.521. The van der Waals surface area contributed by atoms with Gasteiger partial charge in [0.05, 0.1) is 18.1 Å². The molecule has 112 valence electrons. The summed E-state index contributed by atoms with van der Waals surface area (Å²) in [6.07, 6.45) is 3.83. The van der Waals surface area contributed by atoms with Gasteiger partial charge in [0.2, 0.25) is 0 Å². The molecule has 1 aliphatic rings. The van der Waals surface area contributed by atoms with Crippen molar-refractivity contribution in [2.45, 2.75) is 45.5 Å². The summed E-state index contributed by atoms with van der Waals surface area (Å²) < 4.78 is 0. The van der Waals surface area contributed by atoms with E-state index in [0.717, 1.165) is 31.1 Å². The highest BCUT2D eigenvalue weighted by molar-refractivity contribution is 8.00. The van der Waals surface area contributed by atoms with Gasteiger partial charge in [-0.1, -0.05) is 20.8 Å². The molecule has 1 aromatic heterocycles. The first-order valence-corrected chi connectivity index (χ1v) is 8.52. The van der Waals surface area contributed by atoms with Gasteiger partial charge in [-0.05, 0) is 19.4 Å². The van der Waals surface area contributed by atoms with Crippen molar-refractivity contribution in [1.82, 2.24) is 15.3 Å². The Morgan fingerprint density at radius 1 is 1.35 bits per heavy atom. The topological polar surface area (TPSA) is 41.1 Å². The molecular formula is C15H26N4S. The maximum absolute atomic E-state index is 4.60. The van der Waals surface area contributed by atoms with Crippen LogP contribution in [0.15, 0.2) is 12.4 Å². The highest BCUT2D eigenvalue weighted by Crippen LogP contribution is 2.27. The zero-order valence-electron chi connectivity index (χ0n) is 13.0. The molecule has 1 fully saturated rings. The summed E-state index contributed by atoms with van der Waals surface area (Å²) in [5.41, 5.74) is 1.02. The lowest BCUT2D eigenvalue weighted by Crippen LogP contribution is -2.45. The van der Waals surface area contributed by atoms with Crippen LogP contribution in [0.1, 0.15) is 33.4 Å². The van der Waals surface area contributed by atoms with Crippen LogP contribution in [-0.2, 0) is 6.54 Å². The Labute approximate surface area is 126 Å². The van der Waals surface area contributed by atoms with E-state index in [4.69, 9.17) is 0 Å². The van der Waals surface area contributed by atoms with E-state index in [1.54, 1.807) is 0 Å². The Kier molecular flexibility index (Phi) is 5.66. The number of anilines is 1. The Morgan fingerprint density at radius 2 is 2.15 bits per heavy atom. The lowest BCUT2D eigenvalue weighted by Gasteiger charge is -2.38. The van der Waals surface area contributed by atoms with E-state index in [0.29, 0.717) is 17.2 Å². The monoisotopic (exact) mass is 294 g/mol. The Hall–Kier alpha value is -0.810. The molecule has 5 heteroatoms. The summed E-state index contributed by atoms with van der Waals surface area (Å²) in [7, 11) is 0. The molecule has 0 bridgehead atoms. The molecule has 0 spiro atoms. The number of hydrogen-bond acceptors (Lipinski definition) is 5. The molecule has 2 rings (SSSR count). The molecule has 4 nitrogen and oxygen atoms in total. The normalized spacial score (nSPS) is 23.4. The van der Waals surface area contributed by atoms with Gasteiger partial charge in [-0.3, -0.25) is 4.98 Å². The fourth-order valence-corrected chi connectivity index (χ4v) is 3.43. The van der Waals surface area contributed by atoms with Gasteiger partial charge in [0.15, 0.2) is 0 Å². The van der Waals surface area contributed by atoms with Crippen molar-refractivity contribution in [3.8, 4) is 0 Å². The lowest BCUT2D eigenvalue weighted by molar-refractivity contribution is 0.547. The smallest absolute Gasteiger partial charge is 0.147 e. The molecule has 0 saturated carbocycles. The highest BCUT2D eigenvalue weighted by Gasteiger charge is 2.26. The third kappa shape index (κ3) is 4.09.